The van der Waals surface area contributed by atoms with Gasteiger partial charge in [0.05, 0.1) is 12.5 Å². The summed E-state index contributed by atoms with van der Waals surface area (Å²) in [6.45, 7) is 7.79. The molecule has 8 heteroatoms. The molecular formula is C25H28N4O4. The third kappa shape index (κ3) is 4.60. The lowest BCUT2D eigenvalue weighted by molar-refractivity contribution is -0.121. The van der Waals surface area contributed by atoms with E-state index in [2.05, 4.69) is 15.1 Å². The predicted octanol–water partition coefficient (Wildman–Crippen LogP) is 4.70. The van der Waals surface area contributed by atoms with Crippen molar-refractivity contribution in [1.29, 1.82) is 0 Å². The molecule has 0 N–H and O–H groups in total. The zero-order valence-corrected chi connectivity index (χ0v) is 19.8. The molecule has 0 bridgehead atoms. The number of rotatable bonds is 8. The van der Waals surface area contributed by atoms with Gasteiger partial charge in [-0.15, -0.1) is 0 Å². The van der Waals surface area contributed by atoms with Crippen LogP contribution >= 0.6 is 0 Å². The Morgan fingerprint density at radius 2 is 1.97 bits per heavy atom. The van der Waals surface area contributed by atoms with E-state index in [4.69, 9.17) is 13.9 Å². The highest BCUT2D eigenvalue weighted by Gasteiger charge is 2.20. The van der Waals surface area contributed by atoms with Crippen molar-refractivity contribution in [3.05, 3.63) is 53.1 Å². The molecule has 4 aromatic rings. The number of carbonyl (C=O) groups excluding carboxylic acids is 1. The van der Waals surface area contributed by atoms with Gasteiger partial charge in [-0.25, -0.2) is 9.67 Å². The lowest BCUT2D eigenvalue weighted by Gasteiger charge is -2.12. The van der Waals surface area contributed by atoms with Crippen LogP contribution in [0.4, 0.5) is 0 Å². The summed E-state index contributed by atoms with van der Waals surface area (Å²) in [6, 6.07) is 7.55. The van der Waals surface area contributed by atoms with E-state index in [1.165, 1.54) is 0 Å². The highest BCUT2D eigenvalue weighted by Crippen LogP contribution is 2.34. The van der Waals surface area contributed by atoms with Crippen LogP contribution in [-0.4, -0.2) is 39.2 Å². The molecule has 0 spiro atoms. The summed E-state index contributed by atoms with van der Waals surface area (Å²) in [4.78, 5) is 21.4. The summed E-state index contributed by atoms with van der Waals surface area (Å²) in [7, 11) is 3.42. The smallest absolute Gasteiger partial charge is 0.215 e. The molecule has 0 fully saturated rings. The number of Topliss-reactive ketones (excluding diaryl/α,β-unsaturated/α-hetero) is 1. The minimum atomic E-state index is -0.0450. The molecule has 0 radical (unpaired) electrons. The molecule has 0 aliphatic carbocycles. The molecule has 4 rings (SSSR count). The lowest BCUT2D eigenvalue weighted by atomic mass is 9.97. The van der Waals surface area contributed by atoms with Crippen LogP contribution in [0.2, 0.25) is 0 Å². The molecule has 4 aromatic heterocycles. The van der Waals surface area contributed by atoms with Gasteiger partial charge in [0, 0.05) is 37.4 Å². The van der Waals surface area contributed by atoms with Crippen LogP contribution in [0.1, 0.15) is 41.9 Å². The monoisotopic (exact) mass is 448 g/mol. The first-order chi connectivity index (χ1) is 15.8. The Hall–Kier alpha value is -3.68. The van der Waals surface area contributed by atoms with Gasteiger partial charge in [0.2, 0.25) is 11.8 Å². The molecular weight excluding hydrogens is 420 g/mol. The van der Waals surface area contributed by atoms with E-state index in [1.807, 2.05) is 52.9 Å². The van der Waals surface area contributed by atoms with Crippen LogP contribution in [0.15, 0.2) is 34.9 Å². The maximum absolute atomic E-state index is 12.5. The molecule has 0 saturated heterocycles. The molecule has 0 aliphatic heterocycles. The van der Waals surface area contributed by atoms with Crippen molar-refractivity contribution in [2.75, 3.05) is 13.7 Å². The zero-order valence-electron chi connectivity index (χ0n) is 19.8. The van der Waals surface area contributed by atoms with Crippen LogP contribution in [0, 0.1) is 20.8 Å². The minimum absolute atomic E-state index is 0.00643. The number of ketones is 1. The summed E-state index contributed by atoms with van der Waals surface area (Å²) in [6.07, 6.45) is 2.09. The molecule has 1 atom stereocenters. The Morgan fingerprint density at radius 1 is 1.18 bits per heavy atom. The first kappa shape index (κ1) is 22.5. The summed E-state index contributed by atoms with van der Waals surface area (Å²) in [5, 5.41) is 5.62. The number of carbonyl (C=O) groups is 1. The van der Waals surface area contributed by atoms with Crippen molar-refractivity contribution in [1.82, 2.24) is 19.7 Å². The SMILES string of the molecule is COc1ccc(C(C)CC(=O)COc2cc(C)c3c(-c4cc(C)oc4C)nn(C)c3n2)cn1. The highest BCUT2D eigenvalue weighted by atomic mass is 16.5. The molecule has 0 saturated carbocycles. The number of furan rings is 1. The maximum Gasteiger partial charge on any atom is 0.215 e. The summed E-state index contributed by atoms with van der Waals surface area (Å²) in [5.41, 5.74) is 4.43. The number of hydrogen-bond donors (Lipinski definition) is 0. The van der Waals surface area contributed by atoms with Crippen LogP contribution in [0.3, 0.4) is 0 Å². The number of aryl methyl sites for hydroxylation is 4. The van der Waals surface area contributed by atoms with Gasteiger partial charge >= 0.3 is 0 Å². The normalized spacial score (nSPS) is 12.2. The van der Waals surface area contributed by atoms with Crippen molar-refractivity contribution < 1.29 is 18.7 Å². The average Bonchev–Trinajstić information content (AvgIpc) is 3.30. The Morgan fingerprint density at radius 3 is 2.61 bits per heavy atom. The van der Waals surface area contributed by atoms with Crippen LogP contribution in [-0.2, 0) is 11.8 Å². The van der Waals surface area contributed by atoms with Gasteiger partial charge in [-0.1, -0.05) is 13.0 Å². The molecule has 8 nitrogen and oxygen atoms in total. The van der Waals surface area contributed by atoms with Crippen molar-refractivity contribution in [3.8, 4) is 23.0 Å². The second-order valence-corrected chi connectivity index (χ2v) is 8.34. The predicted molar refractivity (Wildman–Crippen MR) is 125 cm³/mol. The molecule has 1 unspecified atom stereocenters. The number of pyridine rings is 2. The van der Waals surface area contributed by atoms with Gasteiger partial charge in [-0.2, -0.15) is 10.1 Å². The summed E-state index contributed by atoms with van der Waals surface area (Å²) < 4.78 is 18.3. The quantitative estimate of drug-likeness (QED) is 0.386. The van der Waals surface area contributed by atoms with Crippen molar-refractivity contribution in [3.63, 3.8) is 0 Å². The van der Waals surface area contributed by atoms with Gasteiger partial charge < -0.3 is 13.9 Å². The van der Waals surface area contributed by atoms with Gasteiger partial charge in [0.15, 0.2) is 11.4 Å². The number of methoxy groups -OCH3 is 1. The van der Waals surface area contributed by atoms with E-state index in [9.17, 15) is 4.79 Å². The number of aromatic nitrogens is 4. The van der Waals surface area contributed by atoms with Gasteiger partial charge in [0.25, 0.3) is 0 Å². The van der Waals surface area contributed by atoms with E-state index in [-0.39, 0.29) is 18.3 Å². The van der Waals surface area contributed by atoms with E-state index in [0.717, 1.165) is 39.3 Å². The maximum atomic E-state index is 12.5. The number of fused-ring (bicyclic) bond motifs is 1. The van der Waals surface area contributed by atoms with Crippen LogP contribution < -0.4 is 9.47 Å². The third-order valence-corrected chi connectivity index (χ3v) is 5.72. The van der Waals surface area contributed by atoms with Gasteiger partial charge in [0.1, 0.15) is 23.8 Å². The van der Waals surface area contributed by atoms with Crippen LogP contribution in [0.25, 0.3) is 22.3 Å². The third-order valence-electron chi connectivity index (χ3n) is 5.72. The Bertz CT molecular complexity index is 1300. The molecule has 172 valence electrons. The molecule has 0 amide bonds. The molecule has 0 aromatic carbocycles. The van der Waals surface area contributed by atoms with Crippen molar-refractivity contribution in [2.24, 2.45) is 7.05 Å². The number of nitrogens with zero attached hydrogens (tertiary/aromatic N) is 4. The first-order valence-corrected chi connectivity index (χ1v) is 10.8. The van der Waals surface area contributed by atoms with Crippen molar-refractivity contribution >= 4 is 16.8 Å². The van der Waals surface area contributed by atoms with Crippen molar-refractivity contribution in [2.45, 2.75) is 40.0 Å². The molecule has 33 heavy (non-hydrogen) atoms. The number of ether oxygens (including phenoxy) is 2. The van der Waals surface area contributed by atoms with Crippen LogP contribution in [0.5, 0.6) is 11.8 Å². The average molecular weight is 449 g/mol. The molecule has 0 aliphatic rings. The first-order valence-electron chi connectivity index (χ1n) is 10.8. The fourth-order valence-corrected chi connectivity index (χ4v) is 4.01. The topological polar surface area (TPSA) is 92.3 Å². The fraction of sp³-hybridized carbons (Fsp3) is 0.360. The van der Waals surface area contributed by atoms with E-state index >= 15 is 0 Å². The zero-order chi connectivity index (χ0) is 23.7. The summed E-state index contributed by atoms with van der Waals surface area (Å²) >= 11 is 0. The largest absolute Gasteiger partial charge is 0.481 e. The Labute approximate surface area is 192 Å². The standard InChI is InChI=1S/C25H28N4O4/c1-14(18-7-8-21(31-6)26-12-18)9-19(30)13-32-22-10-15(2)23-24(28-29(5)25(23)27-22)20-11-16(3)33-17(20)4/h7-8,10-12,14H,9,13H2,1-6H3. The molecule has 4 heterocycles. The Balaban J connectivity index is 1.48. The number of hydrogen-bond acceptors (Lipinski definition) is 7. The van der Waals surface area contributed by atoms with Gasteiger partial charge in [-0.3, -0.25) is 4.79 Å². The second kappa shape index (κ2) is 9.05. The van der Waals surface area contributed by atoms with E-state index in [1.54, 1.807) is 24.1 Å². The summed E-state index contributed by atoms with van der Waals surface area (Å²) in [5.74, 6) is 2.63. The van der Waals surface area contributed by atoms with E-state index in [0.29, 0.717) is 23.8 Å². The highest BCUT2D eigenvalue weighted by molar-refractivity contribution is 5.94. The fourth-order valence-electron chi connectivity index (χ4n) is 4.01. The van der Waals surface area contributed by atoms with E-state index < -0.39 is 0 Å². The van der Waals surface area contributed by atoms with Gasteiger partial charge in [-0.05, 0) is 43.9 Å². The Kier molecular flexibility index (Phi) is 6.18. The second-order valence-electron chi connectivity index (χ2n) is 8.34. The lowest BCUT2D eigenvalue weighted by Crippen LogP contribution is -2.14. The minimum Gasteiger partial charge on any atom is -0.481 e.